The molecule has 23 heavy (non-hydrogen) atoms. The van der Waals surface area contributed by atoms with Crippen molar-refractivity contribution < 1.29 is 4.74 Å². The van der Waals surface area contributed by atoms with Gasteiger partial charge in [-0.1, -0.05) is 77.4 Å². The molecule has 0 aliphatic heterocycles. The zero-order valence-corrected chi connectivity index (χ0v) is 16.6. The average molecular weight is 345 g/mol. The molecule has 0 N–H and O–H groups in total. The molecule has 138 valence electrons. The maximum absolute atomic E-state index is 6.23. The smallest absolute Gasteiger partial charge is 0.0630 e. The standard InChI is InChI=1S/C21H41ClO/c1-3-5-6-7-8-9-10-11-12-13-14-15-16-17-18-21(22)20-23-19-4-2/h11-12,21H,3-10,13-20H2,1-2H3/b12-11+. The molecule has 0 amide bonds. The highest BCUT2D eigenvalue weighted by Gasteiger charge is 2.03. The van der Waals surface area contributed by atoms with Crippen molar-refractivity contribution in [3.8, 4) is 0 Å². The largest absolute Gasteiger partial charge is 0.380 e. The minimum Gasteiger partial charge on any atom is -0.380 e. The number of hydrogen-bond donors (Lipinski definition) is 0. The zero-order chi connectivity index (χ0) is 17.0. The highest BCUT2D eigenvalue weighted by Crippen LogP contribution is 2.12. The quantitative estimate of drug-likeness (QED) is 0.141. The highest BCUT2D eigenvalue weighted by atomic mass is 35.5. The van der Waals surface area contributed by atoms with E-state index in [1.807, 2.05) is 0 Å². The van der Waals surface area contributed by atoms with Crippen LogP contribution in [-0.4, -0.2) is 18.6 Å². The van der Waals surface area contributed by atoms with E-state index in [1.165, 1.54) is 77.0 Å². The van der Waals surface area contributed by atoms with Crippen LogP contribution in [0.15, 0.2) is 12.2 Å². The highest BCUT2D eigenvalue weighted by molar-refractivity contribution is 6.20. The second-order valence-corrected chi connectivity index (χ2v) is 7.31. The molecule has 0 bridgehead atoms. The molecule has 0 saturated heterocycles. The van der Waals surface area contributed by atoms with Gasteiger partial charge in [-0.2, -0.15) is 0 Å². The Morgan fingerprint density at radius 1 is 0.739 bits per heavy atom. The summed E-state index contributed by atoms with van der Waals surface area (Å²) in [6.45, 7) is 5.97. The number of allylic oxidation sites excluding steroid dienone is 2. The fourth-order valence-electron chi connectivity index (χ4n) is 2.70. The maximum atomic E-state index is 6.23. The van der Waals surface area contributed by atoms with E-state index in [9.17, 15) is 0 Å². The Kier molecular flexibility index (Phi) is 20.0. The van der Waals surface area contributed by atoms with Gasteiger partial charge in [0.1, 0.15) is 0 Å². The van der Waals surface area contributed by atoms with Crippen molar-refractivity contribution in [3.63, 3.8) is 0 Å². The molecule has 0 fully saturated rings. The van der Waals surface area contributed by atoms with Crippen molar-refractivity contribution in [2.24, 2.45) is 0 Å². The van der Waals surface area contributed by atoms with Gasteiger partial charge < -0.3 is 4.74 Å². The average Bonchev–Trinajstić information content (AvgIpc) is 2.55. The number of hydrogen-bond acceptors (Lipinski definition) is 1. The van der Waals surface area contributed by atoms with Gasteiger partial charge in [0.25, 0.3) is 0 Å². The lowest BCUT2D eigenvalue weighted by atomic mass is 10.1. The third kappa shape index (κ3) is 19.9. The molecular formula is C21H41ClO. The van der Waals surface area contributed by atoms with E-state index in [0.29, 0.717) is 0 Å². The van der Waals surface area contributed by atoms with Crippen molar-refractivity contribution in [1.82, 2.24) is 0 Å². The first-order chi connectivity index (χ1) is 11.3. The van der Waals surface area contributed by atoms with E-state index in [4.69, 9.17) is 16.3 Å². The van der Waals surface area contributed by atoms with Crippen LogP contribution in [0.5, 0.6) is 0 Å². The lowest BCUT2D eigenvalue weighted by Gasteiger charge is -2.09. The summed E-state index contributed by atoms with van der Waals surface area (Å²) in [6, 6.07) is 0. The molecule has 1 unspecified atom stereocenters. The van der Waals surface area contributed by atoms with Gasteiger partial charge >= 0.3 is 0 Å². The van der Waals surface area contributed by atoms with Crippen molar-refractivity contribution >= 4 is 11.6 Å². The summed E-state index contributed by atoms with van der Waals surface area (Å²) in [4.78, 5) is 0. The van der Waals surface area contributed by atoms with Gasteiger partial charge in [0.2, 0.25) is 0 Å². The summed E-state index contributed by atoms with van der Waals surface area (Å²) in [5.41, 5.74) is 0. The molecule has 0 aromatic rings. The molecule has 0 aromatic heterocycles. The number of alkyl halides is 1. The monoisotopic (exact) mass is 344 g/mol. The van der Waals surface area contributed by atoms with Crippen LogP contribution in [-0.2, 0) is 4.74 Å². The van der Waals surface area contributed by atoms with Gasteiger partial charge in [0.05, 0.1) is 12.0 Å². The van der Waals surface area contributed by atoms with Crippen LogP contribution in [0.25, 0.3) is 0 Å². The first-order valence-electron chi connectivity index (χ1n) is 10.2. The first-order valence-corrected chi connectivity index (χ1v) is 10.6. The van der Waals surface area contributed by atoms with Crippen molar-refractivity contribution in [2.75, 3.05) is 13.2 Å². The third-order valence-corrected chi connectivity index (χ3v) is 4.52. The van der Waals surface area contributed by atoms with Crippen molar-refractivity contribution in [3.05, 3.63) is 12.2 Å². The fourth-order valence-corrected chi connectivity index (χ4v) is 2.94. The van der Waals surface area contributed by atoms with E-state index in [1.54, 1.807) is 0 Å². The van der Waals surface area contributed by atoms with Gasteiger partial charge in [-0.3, -0.25) is 0 Å². The predicted molar refractivity (Wildman–Crippen MR) is 106 cm³/mol. The van der Waals surface area contributed by atoms with E-state index in [-0.39, 0.29) is 5.38 Å². The van der Waals surface area contributed by atoms with Crippen LogP contribution >= 0.6 is 11.6 Å². The van der Waals surface area contributed by atoms with Gasteiger partial charge in [-0.15, -0.1) is 11.6 Å². The van der Waals surface area contributed by atoms with Crippen LogP contribution in [0.1, 0.15) is 104 Å². The van der Waals surface area contributed by atoms with Crippen LogP contribution in [0.4, 0.5) is 0 Å². The summed E-state index contributed by atoms with van der Waals surface area (Å²) >= 11 is 6.23. The molecule has 0 heterocycles. The minimum absolute atomic E-state index is 0.207. The predicted octanol–water partition coefficient (Wildman–Crippen LogP) is 7.67. The summed E-state index contributed by atoms with van der Waals surface area (Å²) in [7, 11) is 0. The van der Waals surface area contributed by atoms with Gasteiger partial charge in [0, 0.05) is 6.61 Å². The Morgan fingerprint density at radius 2 is 1.30 bits per heavy atom. The van der Waals surface area contributed by atoms with Crippen molar-refractivity contribution in [2.45, 2.75) is 109 Å². The van der Waals surface area contributed by atoms with E-state index in [0.717, 1.165) is 26.1 Å². The Bertz CT molecular complexity index is 240. The Morgan fingerprint density at radius 3 is 1.91 bits per heavy atom. The summed E-state index contributed by atoms with van der Waals surface area (Å²) in [6.07, 6.45) is 23.1. The summed E-state index contributed by atoms with van der Waals surface area (Å²) in [5, 5.41) is 0.207. The Hall–Kier alpha value is -0.0100. The van der Waals surface area contributed by atoms with Crippen LogP contribution in [0.2, 0.25) is 0 Å². The second-order valence-electron chi connectivity index (χ2n) is 6.69. The Balaban J connectivity index is 3.15. The molecule has 0 saturated carbocycles. The zero-order valence-electron chi connectivity index (χ0n) is 15.8. The molecule has 0 spiro atoms. The molecular weight excluding hydrogens is 304 g/mol. The second kappa shape index (κ2) is 20.0. The number of unbranched alkanes of at least 4 members (excludes halogenated alkanes) is 10. The molecule has 0 rings (SSSR count). The van der Waals surface area contributed by atoms with E-state index < -0.39 is 0 Å². The van der Waals surface area contributed by atoms with Gasteiger partial charge in [-0.25, -0.2) is 0 Å². The van der Waals surface area contributed by atoms with Gasteiger partial charge in [-0.05, 0) is 38.5 Å². The summed E-state index contributed by atoms with van der Waals surface area (Å²) in [5.74, 6) is 0. The maximum Gasteiger partial charge on any atom is 0.0630 e. The van der Waals surface area contributed by atoms with E-state index >= 15 is 0 Å². The topological polar surface area (TPSA) is 9.23 Å². The van der Waals surface area contributed by atoms with E-state index in [2.05, 4.69) is 26.0 Å². The normalized spacial score (nSPS) is 13.0. The summed E-state index contributed by atoms with van der Waals surface area (Å²) < 4.78 is 5.47. The molecule has 0 aromatic carbocycles. The number of halogens is 1. The molecule has 1 atom stereocenters. The minimum atomic E-state index is 0.207. The fraction of sp³-hybridized carbons (Fsp3) is 0.905. The van der Waals surface area contributed by atoms with Crippen LogP contribution < -0.4 is 0 Å². The first kappa shape index (κ1) is 23.0. The molecule has 0 radical (unpaired) electrons. The van der Waals surface area contributed by atoms with Crippen LogP contribution in [0, 0.1) is 0 Å². The SMILES string of the molecule is CCCCCCCC/C=C/CCCCCCC(Cl)COCCC. The van der Waals surface area contributed by atoms with Crippen molar-refractivity contribution in [1.29, 1.82) is 0 Å². The third-order valence-electron chi connectivity index (χ3n) is 4.18. The lowest BCUT2D eigenvalue weighted by Crippen LogP contribution is -2.09. The Labute approximate surface area is 151 Å². The van der Waals surface area contributed by atoms with Crippen LogP contribution in [0.3, 0.4) is 0 Å². The molecule has 2 heteroatoms. The lowest BCUT2D eigenvalue weighted by molar-refractivity contribution is 0.132. The number of rotatable bonds is 18. The number of ether oxygens (including phenoxy) is 1. The van der Waals surface area contributed by atoms with Gasteiger partial charge in [0.15, 0.2) is 0 Å². The molecule has 0 aliphatic rings. The molecule has 0 aliphatic carbocycles. The molecule has 1 nitrogen and oxygen atoms in total.